The number of hydrogen-bond donors (Lipinski definition) is 3. The van der Waals surface area contributed by atoms with Crippen molar-refractivity contribution in [2.45, 2.75) is 11.3 Å². The number of sulfonamides is 1. The van der Waals surface area contributed by atoms with Gasteiger partial charge in [-0.1, -0.05) is 6.07 Å². The molecule has 2 fully saturated rings. The fourth-order valence-electron chi connectivity index (χ4n) is 2.83. The van der Waals surface area contributed by atoms with Crippen molar-refractivity contribution in [3.63, 3.8) is 0 Å². The van der Waals surface area contributed by atoms with E-state index in [9.17, 15) is 18.0 Å². The second-order valence-electron chi connectivity index (χ2n) is 5.90. The van der Waals surface area contributed by atoms with E-state index in [1.165, 1.54) is 12.1 Å². The molecule has 1 atom stereocenters. The summed E-state index contributed by atoms with van der Waals surface area (Å²) in [7, 11) is -3.76. The van der Waals surface area contributed by atoms with E-state index in [0.717, 1.165) is 17.3 Å². The zero-order chi connectivity index (χ0) is 17.2. The van der Waals surface area contributed by atoms with Crippen LogP contribution in [-0.4, -0.2) is 57.3 Å². The molecular formula is C15H20N4O4S. The summed E-state index contributed by atoms with van der Waals surface area (Å²) in [6, 6.07) is 6.14. The SMILES string of the molecule is O=C1CN(S(=O)(=O)c2cccc(NC(=O)C3CCNC3)c2)CCN1. The van der Waals surface area contributed by atoms with Crippen molar-refractivity contribution in [3.05, 3.63) is 24.3 Å². The number of carbonyl (C=O) groups excluding carboxylic acids is 2. The number of nitrogens with one attached hydrogen (secondary N) is 3. The first-order chi connectivity index (χ1) is 11.5. The average Bonchev–Trinajstić information content (AvgIpc) is 3.10. The molecule has 1 aromatic carbocycles. The molecule has 0 bridgehead atoms. The van der Waals surface area contributed by atoms with Crippen molar-refractivity contribution in [2.24, 2.45) is 5.92 Å². The molecule has 1 unspecified atom stereocenters. The lowest BCUT2D eigenvalue weighted by atomic mass is 10.1. The Morgan fingerprint density at radius 1 is 1.29 bits per heavy atom. The maximum Gasteiger partial charge on any atom is 0.243 e. The number of carbonyl (C=O) groups is 2. The fraction of sp³-hybridized carbons (Fsp3) is 0.467. The quantitative estimate of drug-likeness (QED) is 0.668. The van der Waals surface area contributed by atoms with Crippen molar-refractivity contribution >= 4 is 27.5 Å². The summed E-state index contributed by atoms with van der Waals surface area (Å²) in [5, 5.41) is 8.48. The number of piperazine rings is 1. The van der Waals surface area contributed by atoms with Crippen molar-refractivity contribution in [2.75, 3.05) is 38.0 Å². The first kappa shape index (κ1) is 16.9. The van der Waals surface area contributed by atoms with E-state index in [2.05, 4.69) is 16.0 Å². The third-order valence-electron chi connectivity index (χ3n) is 4.17. The molecule has 2 saturated heterocycles. The molecule has 1 aromatic rings. The van der Waals surface area contributed by atoms with Crippen molar-refractivity contribution in [3.8, 4) is 0 Å². The molecule has 2 amide bonds. The minimum absolute atomic E-state index is 0.0690. The second kappa shape index (κ2) is 6.88. The highest BCUT2D eigenvalue weighted by molar-refractivity contribution is 7.89. The summed E-state index contributed by atoms with van der Waals surface area (Å²) in [6.45, 7) is 1.78. The largest absolute Gasteiger partial charge is 0.354 e. The Morgan fingerprint density at radius 2 is 2.12 bits per heavy atom. The Bertz CT molecular complexity index is 744. The molecule has 0 spiro atoms. The third-order valence-corrected chi connectivity index (χ3v) is 6.01. The fourth-order valence-corrected chi connectivity index (χ4v) is 4.27. The highest BCUT2D eigenvalue weighted by Crippen LogP contribution is 2.21. The molecular weight excluding hydrogens is 332 g/mol. The van der Waals surface area contributed by atoms with Crippen molar-refractivity contribution in [1.29, 1.82) is 0 Å². The zero-order valence-corrected chi connectivity index (χ0v) is 13.9. The molecule has 3 N–H and O–H groups in total. The van der Waals surface area contributed by atoms with Gasteiger partial charge in [0.25, 0.3) is 0 Å². The van der Waals surface area contributed by atoms with Gasteiger partial charge in [0, 0.05) is 25.3 Å². The normalized spacial score (nSPS) is 22.2. The third kappa shape index (κ3) is 3.58. The van der Waals surface area contributed by atoms with Gasteiger partial charge in [0.15, 0.2) is 0 Å². The lowest BCUT2D eigenvalue weighted by Gasteiger charge is -2.26. The Hall–Kier alpha value is -1.97. The molecule has 2 heterocycles. The van der Waals surface area contributed by atoms with Gasteiger partial charge in [-0.05, 0) is 31.2 Å². The Kier molecular flexibility index (Phi) is 4.83. The molecule has 0 saturated carbocycles. The summed E-state index contributed by atoms with van der Waals surface area (Å²) in [5.41, 5.74) is 0.439. The minimum atomic E-state index is -3.76. The molecule has 2 aliphatic heterocycles. The van der Waals surface area contributed by atoms with Crippen LogP contribution in [0.2, 0.25) is 0 Å². The van der Waals surface area contributed by atoms with Gasteiger partial charge in [-0.15, -0.1) is 0 Å². The maximum absolute atomic E-state index is 12.7. The van der Waals surface area contributed by atoms with Crippen LogP contribution in [0.3, 0.4) is 0 Å². The molecule has 3 rings (SSSR count). The van der Waals surface area contributed by atoms with Gasteiger partial charge in [0.05, 0.1) is 17.4 Å². The van der Waals surface area contributed by atoms with Crippen LogP contribution >= 0.6 is 0 Å². The summed E-state index contributed by atoms with van der Waals surface area (Å²) in [4.78, 5) is 23.7. The molecule has 130 valence electrons. The number of rotatable bonds is 4. The Labute approximate surface area is 140 Å². The van der Waals surface area contributed by atoms with E-state index in [0.29, 0.717) is 18.8 Å². The Balaban J connectivity index is 1.76. The molecule has 0 radical (unpaired) electrons. The lowest BCUT2D eigenvalue weighted by Crippen LogP contribution is -2.49. The highest BCUT2D eigenvalue weighted by atomic mass is 32.2. The van der Waals surface area contributed by atoms with Gasteiger partial charge in [0.2, 0.25) is 21.8 Å². The first-order valence-electron chi connectivity index (χ1n) is 7.85. The highest BCUT2D eigenvalue weighted by Gasteiger charge is 2.29. The smallest absolute Gasteiger partial charge is 0.243 e. The van der Waals surface area contributed by atoms with Crippen LogP contribution in [0.5, 0.6) is 0 Å². The molecule has 2 aliphatic rings. The molecule has 8 nitrogen and oxygen atoms in total. The van der Waals surface area contributed by atoms with E-state index >= 15 is 0 Å². The monoisotopic (exact) mass is 352 g/mol. The van der Waals surface area contributed by atoms with Gasteiger partial charge < -0.3 is 16.0 Å². The molecule has 0 aliphatic carbocycles. The van der Waals surface area contributed by atoms with E-state index < -0.39 is 10.0 Å². The second-order valence-corrected chi connectivity index (χ2v) is 7.83. The number of amides is 2. The van der Waals surface area contributed by atoms with Gasteiger partial charge >= 0.3 is 0 Å². The van der Waals surface area contributed by atoms with E-state index in [1.807, 2.05) is 0 Å². The zero-order valence-electron chi connectivity index (χ0n) is 13.1. The van der Waals surface area contributed by atoms with E-state index in [4.69, 9.17) is 0 Å². The van der Waals surface area contributed by atoms with Crippen LogP contribution in [0.4, 0.5) is 5.69 Å². The van der Waals surface area contributed by atoms with Gasteiger partial charge in [-0.3, -0.25) is 9.59 Å². The van der Waals surface area contributed by atoms with Gasteiger partial charge in [-0.25, -0.2) is 8.42 Å². The van der Waals surface area contributed by atoms with Crippen LogP contribution < -0.4 is 16.0 Å². The maximum atomic E-state index is 12.7. The van der Waals surface area contributed by atoms with Crippen molar-refractivity contribution in [1.82, 2.24) is 14.9 Å². The Morgan fingerprint density at radius 3 is 2.83 bits per heavy atom. The summed E-state index contributed by atoms with van der Waals surface area (Å²) >= 11 is 0. The van der Waals surface area contributed by atoms with Crippen LogP contribution in [0.15, 0.2) is 29.2 Å². The number of nitrogens with zero attached hydrogens (tertiary/aromatic N) is 1. The van der Waals surface area contributed by atoms with Gasteiger partial charge in [0.1, 0.15) is 0 Å². The standard InChI is InChI=1S/C15H20N4O4S/c20-14-10-19(7-6-17-14)24(22,23)13-3-1-2-12(8-13)18-15(21)11-4-5-16-9-11/h1-3,8,11,16H,4-7,9-10H2,(H,17,20)(H,18,21). The number of anilines is 1. The summed E-state index contributed by atoms with van der Waals surface area (Å²) in [5.74, 6) is -0.536. The summed E-state index contributed by atoms with van der Waals surface area (Å²) in [6.07, 6.45) is 0.771. The predicted octanol–water partition coefficient (Wildman–Crippen LogP) is -0.645. The lowest BCUT2D eigenvalue weighted by molar-refractivity contribution is -0.122. The average molecular weight is 352 g/mol. The topological polar surface area (TPSA) is 108 Å². The number of benzene rings is 1. The first-order valence-corrected chi connectivity index (χ1v) is 9.29. The van der Waals surface area contributed by atoms with Crippen molar-refractivity contribution < 1.29 is 18.0 Å². The van der Waals surface area contributed by atoms with Crippen LogP contribution in [0.1, 0.15) is 6.42 Å². The molecule has 24 heavy (non-hydrogen) atoms. The summed E-state index contributed by atoms with van der Waals surface area (Å²) < 4.78 is 26.4. The predicted molar refractivity (Wildman–Crippen MR) is 87.8 cm³/mol. The van der Waals surface area contributed by atoms with Crippen LogP contribution in [0, 0.1) is 5.92 Å². The van der Waals surface area contributed by atoms with E-state index in [-0.39, 0.29) is 35.7 Å². The van der Waals surface area contributed by atoms with Crippen LogP contribution in [-0.2, 0) is 19.6 Å². The van der Waals surface area contributed by atoms with Gasteiger partial charge in [-0.2, -0.15) is 4.31 Å². The van der Waals surface area contributed by atoms with E-state index in [1.54, 1.807) is 12.1 Å². The minimum Gasteiger partial charge on any atom is -0.354 e. The molecule has 0 aromatic heterocycles. The number of hydrogen-bond acceptors (Lipinski definition) is 5. The molecule has 9 heteroatoms. The van der Waals surface area contributed by atoms with Crippen LogP contribution in [0.25, 0.3) is 0 Å².